The molecule has 0 aromatic carbocycles. The molecule has 336 valence electrons. The van der Waals surface area contributed by atoms with Gasteiger partial charge in [0, 0.05) is 19.3 Å². The smallest absolute Gasteiger partial charge is 0.306 e. The van der Waals surface area contributed by atoms with Gasteiger partial charge in [0.25, 0.3) is 0 Å². The Kier molecular flexibility index (Phi) is 44.5. The second-order valence-corrected chi connectivity index (χ2v) is 15.6. The highest BCUT2D eigenvalue weighted by Gasteiger charge is 2.19. The molecule has 6 nitrogen and oxygen atoms in total. The Hall–Kier alpha value is -3.41. The van der Waals surface area contributed by atoms with Crippen LogP contribution < -0.4 is 0 Å². The van der Waals surface area contributed by atoms with Crippen molar-refractivity contribution in [2.45, 2.75) is 219 Å². The maximum absolute atomic E-state index is 12.7. The molecule has 1 unspecified atom stereocenters. The summed E-state index contributed by atoms with van der Waals surface area (Å²) in [6.45, 7) is 6.37. The van der Waals surface area contributed by atoms with Crippen LogP contribution in [0.3, 0.4) is 0 Å². The Morgan fingerprint density at radius 2 is 0.712 bits per heavy atom. The van der Waals surface area contributed by atoms with Gasteiger partial charge < -0.3 is 14.2 Å². The van der Waals surface area contributed by atoms with Crippen molar-refractivity contribution < 1.29 is 28.6 Å². The molecule has 6 heteroatoms. The summed E-state index contributed by atoms with van der Waals surface area (Å²) >= 11 is 0. The number of unbranched alkanes of at least 4 members (excludes halogenated alkanes) is 17. The summed E-state index contributed by atoms with van der Waals surface area (Å²) in [6.07, 6.45) is 60.2. The molecule has 0 rings (SSSR count). The van der Waals surface area contributed by atoms with Gasteiger partial charge in [-0.1, -0.05) is 183 Å². The second kappa shape index (κ2) is 47.3. The van der Waals surface area contributed by atoms with Crippen molar-refractivity contribution in [2.24, 2.45) is 0 Å². The Labute approximate surface area is 363 Å². The lowest BCUT2D eigenvalue weighted by Crippen LogP contribution is -2.30. The fourth-order valence-corrected chi connectivity index (χ4v) is 6.25. The largest absolute Gasteiger partial charge is 0.462 e. The van der Waals surface area contributed by atoms with Crippen LogP contribution in [0.4, 0.5) is 0 Å². The van der Waals surface area contributed by atoms with Crippen molar-refractivity contribution in [2.75, 3.05) is 13.2 Å². The highest BCUT2D eigenvalue weighted by atomic mass is 16.6. The molecule has 1 atom stereocenters. The Morgan fingerprint density at radius 3 is 1.20 bits per heavy atom. The lowest BCUT2D eigenvalue weighted by Gasteiger charge is -2.18. The number of esters is 3. The minimum Gasteiger partial charge on any atom is -0.462 e. The van der Waals surface area contributed by atoms with Gasteiger partial charge in [0.1, 0.15) is 13.2 Å². The van der Waals surface area contributed by atoms with Crippen LogP contribution in [0.25, 0.3) is 0 Å². The van der Waals surface area contributed by atoms with Gasteiger partial charge in [-0.05, 0) is 96.3 Å². The van der Waals surface area contributed by atoms with Crippen LogP contribution in [0.15, 0.2) is 85.1 Å². The van der Waals surface area contributed by atoms with E-state index in [1.807, 2.05) is 12.2 Å². The van der Waals surface area contributed by atoms with E-state index in [0.717, 1.165) is 77.0 Å². The Bertz CT molecular complexity index is 1170. The highest BCUT2D eigenvalue weighted by Crippen LogP contribution is 2.12. The van der Waals surface area contributed by atoms with Crippen molar-refractivity contribution in [3.63, 3.8) is 0 Å². The Morgan fingerprint density at radius 1 is 0.356 bits per heavy atom. The van der Waals surface area contributed by atoms with Gasteiger partial charge in [-0.2, -0.15) is 0 Å². The summed E-state index contributed by atoms with van der Waals surface area (Å²) in [5.41, 5.74) is 0. The van der Waals surface area contributed by atoms with Crippen molar-refractivity contribution in [3.8, 4) is 0 Å². The van der Waals surface area contributed by atoms with Crippen molar-refractivity contribution >= 4 is 17.9 Å². The molecule has 0 spiro atoms. The van der Waals surface area contributed by atoms with Crippen LogP contribution in [0.1, 0.15) is 213 Å². The lowest BCUT2D eigenvalue weighted by atomic mass is 10.1. The van der Waals surface area contributed by atoms with Crippen LogP contribution in [-0.4, -0.2) is 37.2 Å². The molecular formula is C53H88O6. The number of carbonyl (C=O) groups excluding carboxylic acids is 3. The predicted molar refractivity (Wildman–Crippen MR) is 251 cm³/mol. The fraction of sp³-hybridized carbons (Fsp3) is 0.679. The first-order valence-electron chi connectivity index (χ1n) is 24.1. The summed E-state index contributed by atoms with van der Waals surface area (Å²) in [7, 11) is 0. The zero-order valence-corrected chi connectivity index (χ0v) is 38.2. The molecule has 59 heavy (non-hydrogen) atoms. The average molecular weight is 821 g/mol. The molecule has 0 saturated heterocycles. The number of rotatable bonds is 42. The quantitative estimate of drug-likeness (QED) is 0.0264. The lowest BCUT2D eigenvalue weighted by molar-refractivity contribution is -0.166. The summed E-state index contributed by atoms with van der Waals surface area (Å²) in [5.74, 6) is -1.05. The van der Waals surface area contributed by atoms with Gasteiger partial charge >= 0.3 is 17.9 Å². The normalized spacial score (nSPS) is 12.8. The number of ether oxygens (including phenoxy) is 3. The van der Waals surface area contributed by atoms with Crippen molar-refractivity contribution in [1.82, 2.24) is 0 Å². The van der Waals surface area contributed by atoms with E-state index < -0.39 is 6.10 Å². The van der Waals surface area contributed by atoms with E-state index in [2.05, 4.69) is 93.7 Å². The zero-order valence-electron chi connectivity index (χ0n) is 38.2. The second-order valence-electron chi connectivity index (χ2n) is 15.6. The molecule has 0 N–H and O–H groups in total. The summed E-state index contributed by atoms with van der Waals surface area (Å²) < 4.78 is 16.6. The van der Waals surface area contributed by atoms with Gasteiger partial charge in [0.15, 0.2) is 6.10 Å². The molecule has 0 saturated carbocycles. The van der Waals surface area contributed by atoms with Gasteiger partial charge in [0.2, 0.25) is 0 Å². The van der Waals surface area contributed by atoms with Crippen LogP contribution in [0.5, 0.6) is 0 Å². The number of hydrogen-bond donors (Lipinski definition) is 0. The number of allylic oxidation sites excluding steroid dienone is 14. The molecule has 0 aliphatic rings. The summed E-state index contributed by atoms with van der Waals surface area (Å²) in [4.78, 5) is 37.7. The predicted octanol–water partition coefficient (Wildman–Crippen LogP) is 15.6. The molecule has 0 aromatic rings. The van der Waals surface area contributed by atoms with Gasteiger partial charge in [-0.15, -0.1) is 0 Å². The van der Waals surface area contributed by atoms with Gasteiger partial charge in [0.05, 0.1) is 0 Å². The van der Waals surface area contributed by atoms with E-state index >= 15 is 0 Å². The minimum absolute atomic E-state index is 0.119. The van der Waals surface area contributed by atoms with Crippen molar-refractivity contribution in [3.05, 3.63) is 85.1 Å². The van der Waals surface area contributed by atoms with Gasteiger partial charge in [-0.25, -0.2) is 0 Å². The number of carbonyl (C=O) groups is 3. The van der Waals surface area contributed by atoms with E-state index in [1.54, 1.807) is 0 Å². The molecule has 0 bridgehead atoms. The van der Waals surface area contributed by atoms with Crippen LogP contribution in [-0.2, 0) is 28.6 Å². The first kappa shape index (κ1) is 55.6. The highest BCUT2D eigenvalue weighted by molar-refractivity contribution is 5.71. The third kappa shape index (κ3) is 45.5. The molecule has 0 aromatic heterocycles. The van der Waals surface area contributed by atoms with Crippen LogP contribution in [0, 0.1) is 0 Å². The van der Waals surface area contributed by atoms with E-state index in [0.29, 0.717) is 25.7 Å². The maximum Gasteiger partial charge on any atom is 0.306 e. The molecule has 0 fully saturated rings. The third-order valence-corrected chi connectivity index (χ3v) is 9.87. The molecular weight excluding hydrogens is 733 g/mol. The van der Waals surface area contributed by atoms with Crippen molar-refractivity contribution in [1.29, 1.82) is 0 Å². The fourth-order valence-electron chi connectivity index (χ4n) is 6.25. The Balaban J connectivity index is 4.50. The van der Waals surface area contributed by atoms with E-state index in [4.69, 9.17) is 14.2 Å². The molecule has 0 amide bonds. The van der Waals surface area contributed by atoms with Gasteiger partial charge in [-0.3, -0.25) is 14.4 Å². The monoisotopic (exact) mass is 821 g/mol. The van der Waals surface area contributed by atoms with Crippen LogP contribution in [0.2, 0.25) is 0 Å². The summed E-state index contributed by atoms with van der Waals surface area (Å²) in [5, 5.41) is 0. The minimum atomic E-state index is -0.819. The SMILES string of the molecule is CC/C=C\C/C=C\C/C=C\C/C=C\C/C=C\CCC(=O)OCC(COC(=O)CCC/C=C\CCCCCC)OC(=O)CCCCCCC/C=C\CCCCCCCCC. The maximum atomic E-state index is 12.7. The van der Waals surface area contributed by atoms with Crippen LogP contribution >= 0.6 is 0 Å². The topological polar surface area (TPSA) is 78.9 Å². The first-order valence-corrected chi connectivity index (χ1v) is 24.1. The van der Waals surface area contributed by atoms with E-state index in [1.165, 1.54) is 83.5 Å². The van der Waals surface area contributed by atoms with E-state index in [-0.39, 0.29) is 37.5 Å². The zero-order chi connectivity index (χ0) is 43.0. The third-order valence-electron chi connectivity index (χ3n) is 9.87. The number of hydrogen-bond acceptors (Lipinski definition) is 6. The first-order chi connectivity index (χ1) is 29.0. The molecule has 0 aliphatic carbocycles. The molecule has 0 heterocycles. The van der Waals surface area contributed by atoms with E-state index in [9.17, 15) is 14.4 Å². The summed E-state index contributed by atoms with van der Waals surface area (Å²) in [6, 6.07) is 0. The standard InChI is InChI=1S/C53H88O6/c1-4-7-10-13-16-19-21-23-25-27-29-31-34-37-40-43-46-52(55)58-49-50(48-57-51(54)45-42-39-36-33-18-15-12-9-6-3)59-53(56)47-44-41-38-35-32-30-28-26-24-22-20-17-14-11-8-5-2/h7,10,16,19,23,25-26,28-29,31,33,36-37,40,50H,4-6,8-9,11-15,17-18,20-22,24,27,30,32,34-35,38-39,41-49H2,1-3H3/b10-7-,19-16-,25-23-,28-26-,31-29-,36-33-,40-37-. The molecule has 0 aliphatic heterocycles. The average Bonchev–Trinajstić information content (AvgIpc) is 3.23. The molecule has 0 radical (unpaired) electrons.